The van der Waals surface area contributed by atoms with Crippen molar-refractivity contribution >= 4 is 27.5 Å². The van der Waals surface area contributed by atoms with Crippen LogP contribution in [0.1, 0.15) is 23.7 Å². The third-order valence-electron chi connectivity index (χ3n) is 3.55. The fourth-order valence-corrected chi connectivity index (χ4v) is 2.76. The smallest absolute Gasteiger partial charge is 0.254 e. The molecule has 1 aliphatic heterocycles. The van der Waals surface area contributed by atoms with Crippen LogP contribution in [0.25, 0.3) is 0 Å². The van der Waals surface area contributed by atoms with Crippen molar-refractivity contribution in [2.75, 3.05) is 32.4 Å². The van der Waals surface area contributed by atoms with E-state index in [9.17, 15) is 4.79 Å². The minimum Gasteiger partial charge on any atom is -0.398 e. The Morgan fingerprint density at radius 3 is 2.84 bits per heavy atom. The first-order chi connectivity index (χ1) is 8.99. The molecule has 5 heteroatoms. The summed E-state index contributed by atoms with van der Waals surface area (Å²) in [5.41, 5.74) is 7.12. The Morgan fingerprint density at radius 2 is 2.16 bits per heavy atom. The highest BCUT2D eigenvalue weighted by Crippen LogP contribution is 2.22. The quantitative estimate of drug-likeness (QED) is 0.805. The number of carbonyl (C=O) groups excluding carboxylic acids is 1. The third-order valence-corrected chi connectivity index (χ3v) is 4.27. The van der Waals surface area contributed by atoms with E-state index in [-0.39, 0.29) is 11.9 Å². The lowest BCUT2D eigenvalue weighted by Crippen LogP contribution is -2.42. The molecule has 0 saturated carbocycles. The van der Waals surface area contributed by atoms with Crippen molar-refractivity contribution in [1.82, 2.24) is 9.80 Å². The Labute approximate surface area is 122 Å². The molecule has 4 nitrogen and oxygen atoms in total. The van der Waals surface area contributed by atoms with E-state index in [1.165, 1.54) is 0 Å². The topological polar surface area (TPSA) is 49.6 Å². The van der Waals surface area contributed by atoms with E-state index in [2.05, 4.69) is 34.8 Å². The Morgan fingerprint density at radius 1 is 1.42 bits per heavy atom. The van der Waals surface area contributed by atoms with Crippen LogP contribution in [-0.4, -0.2) is 48.4 Å². The number of nitrogen functional groups attached to an aromatic ring is 1. The van der Waals surface area contributed by atoms with Gasteiger partial charge in [-0.15, -0.1) is 0 Å². The predicted molar refractivity (Wildman–Crippen MR) is 81.2 cm³/mol. The van der Waals surface area contributed by atoms with Crippen LogP contribution in [0.5, 0.6) is 0 Å². The molecule has 1 aromatic rings. The van der Waals surface area contributed by atoms with Gasteiger partial charge in [0.25, 0.3) is 5.91 Å². The summed E-state index contributed by atoms with van der Waals surface area (Å²) >= 11 is 3.35. The number of likely N-dealkylation sites (N-methyl/N-ethyl adjacent to an activating group) is 1. The molecule has 1 aliphatic rings. The summed E-state index contributed by atoms with van der Waals surface area (Å²) in [6.45, 7) is 4.86. The van der Waals surface area contributed by atoms with E-state index in [1.54, 1.807) is 6.07 Å². The van der Waals surface area contributed by atoms with E-state index in [1.807, 2.05) is 17.0 Å². The molecule has 104 valence electrons. The van der Waals surface area contributed by atoms with Gasteiger partial charge in [0.1, 0.15) is 0 Å². The molecule has 2 N–H and O–H groups in total. The lowest BCUT2D eigenvalue weighted by atomic mass is 10.1. The van der Waals surface area contributed by atoms with E-state index in [0.717, 1.165) is 30.5 Å². The predicted octanol–water partition coefficient (Wildman–Crippen LogP) is 2.20. The van der Waals surface area contributed by atoms with Gasteiger partial charge in [0.15, 0.2) is 0 Å². The van der Waals surface area contributed by atoms with E-state index >= 15 is 0 Å². The van der Waals surface area contributed by atoms with Crippen LogP contribution in [0.4, 0.5) is 5.69 Å². The highest BCUT2D eigenvalue weighted by atomic mass is 79.9. The molecule has 0 aliphatic carbocycles. The summed E-state index contributed by atoms with van der Waals surface area (Å²) in [5, 5.41) is 0. The second kappa shape index (κ2) is 5.92. The van der Waals surface area contributed by atoms with Crippen LogP contribution in [0.2, 0.25) is 0 Å². The number of benzene rings is 1. The zero-order valence-corrected chi connectivity index (χ0v) is 13.0. The normalized spacial score (nSPS) is 21.2. The van der Waals surface area contributed by atoms with Crippen molar-refractivity contribution in [2.24, 2.45) is 0 Å². The Bertz CT molecular complexity index is 478. The van der Waals surface area contributed by atoms with Crippen molar-refractivity contribution in [2.45, 2.75) is 19.4 Å². The standard InChI is InChI=1S/C14H20BrN3O/c1-10-9-17(2)6-3-7-18(10)14(19)11-4-5-12(15)13(16)8-11/h4-5,8,10H,3,6-7,9,16H2,1-2H3. The van der Waals surface area contributed by atoms with Crippen molar-refractivity contribution in [3.05, 3.63) is 28.2 Å². The molecular weight excluding hydrogens is 306 g/mol. The minimum absolute atomic E-state index is 0.0713. The first-order valence-corrected chi connectivity index (χ1v) is 7.33. The van der Waals surface area contributed by atoms with E-state index < -0.39 is 0 Å². The van der Waals surface area contributed by atoms with Gasteiger partial charge in [-0.1, -0.05) is 0 Å². The molecule has 19 heavy (non-hydrogen) atoms. The molecule has 1 saturated heterocycles. The van der Waals surface area contributed by atoms with Gasteiger partial charge < -0.3 is 15.5 Å². The largest absolute Gasteiger partial charge is 0.398 e. The molecular formula is C14H20BrN3O. The second-order valence-corrected chi connectivity index (χ2v) is 6.05. The average Bonchev–Trinajstić information content (AvgIpc) is 2.52. The van der Waals surface area contributed by atoms with Crippen molar-refractivity contribution < 1.29 is 4.79 Å². The molecule has 0 spiro atoms. The van der Waals surface area contributed by atoms with Crippen molar-refractivity contribution in [3.8, 4) is 0 Å². The Kier molecular flexibility index (Phi) is 4.47. The summed E-state index contributed by atoms with van der Waals surface area (Å²) in [4.78, 5) is 16.8. The summed E-state index contributed by atoms with van der Waals surface area (Å²) in [6.07, 6.45) is 1.01. The van der Waals surface area contributed by atoms with Gasteiger partial charge in [0.05, 0.1) is 0 Å². The average molecular weight is 326 g/mol. The summed E-state index contributed by atoms with van der Waals surface area (Å²) in [5.74, 6) is 0.0713. The molecule has 1 heterocycles. The van der Waals surface area contributed by atoms with Gasteiger partial charge in [0, 0.05) is 34.9 Å². The van der Waals surface area contributed by atoms with Gasteiger partial charge >= 0.3 is 0 Å². The van der Waals surface area contributed by atoms with Crippen molar-refractivity contribution in [1.29, 1.82) is 0 Å². The SMILES string of the molecule is CC1CN(C)CCCN1C(=O)c1ccc(Br)c(N)c1. The maximum absolute atomic E-state index is 12.6. The second-order valence-electron chi connectivity index (χ2n) is 5.20. The van der Waals surface area contributed by atoms with E-state index in [4.69, 9.17) is 5.73 Å². The first kappa shape index (κ1) is 14.3. The lowest BCUT2D eigenvalue weighted by molar-refractivity contribution is 0.0696. The Balaban J connectivity index is 2.20. The summed E-state index contributed by atoms with van der Waals surface area (Å²) < 4.78 is 0.827. The fourth-order valence-electron chi connectivity index (χ4n) is 2.52. The van der Waals surface area contributed by atoms with Gasteiger partial charge in [-0.05, 0) is 61.1 Å². The van der Waals surface area contributed by atoms with Crippen LogP contribution in [0, 0.1) is 0 Å². The molecule has 1 aromatic carbocycles. The van der Waals surface area contributed by atoms with Crippen LogP contribution in [0.15, 0.2) is 22.7 Å². The highest BCUT2D eigenvalue weighted by molar-refractivity contribution is 9.10. The van der Waals surface area contributed by atoms with Crippen LogP contribution >= 0.6 is 15.9 Å². The number of halogens is 1. The zero-order valence-electron chi connectivity index (χ0n) is 11.4. The highest BCUT2D eigenvalue weighted by Gasteiger charge is 2.25. The maximum atomic E-state index is 12.6. The molecule has 1 amide bonds. The molecule has 1 fully saturated rings. The number of nitrogens with zero attached hydrogens (tertiary/aromatic N) is 2. The fraction of sp³-hybridized carbons (Fsp3) is 0.500. The molecule has 1 atom stereocenters. The number of hydrogen-bond donors (Lipinski definition) is 1. The number of hydrogen-bond acceptors (Lipinski definition) is 3. The zero-order chi connectivity index (χ0) is 14.0. The minimum atomic E-state index is 0.0713. The van der Waals surface area contributed by atoms with Gasteiger partial charge in [-0.25, -0.2) is 0 Å². The van der Waals surface area contributed by atoms with Crippen LogP contribution in [-0.2, 0) is 0 Å². The van der Waals surface area contributed by atoms with Crippen LogP contribution in [0.3, 0.4) is 0 Å². The molecule has 0 aromatic heterocycles. The van der Waals surface area contributed by atoms with Gasteiger partial charge in [0.2, 0.25) is 0 Å². The number of nitrogens with two attached hydrogens (primary N) is 1. The summed E-state index contributed by atoms with van der Waals surface area (Å²) in [7, 11) is 2.10. The van der Waals surface area contributed by atoms with Gasteiger partial charge in [-0.3, -0.25) is 4.79 Å². The summed E-state index contributed by atoms with van der Waals surface area (Å²) in [6, 6.07) is 5.62. The van der Waals surface area contributed by atoms with E-state index in [0.29, 0.717) is 11.3 Å². The number of amides is 1. The number of carbonyl (C=O) groups is 1. The Hall–Kier alpha value is -1.07. The molecule has 0 bridgehead atoms. The lowest BCUT2D eigenvalue weighted by Gasteiger charge is -2.28. The van der Waals surface area contributed by atoms with Crippen LogP contribution < -0.4 is 5.73 Å². The maximum Gasteiger partial charge on any atom is 0.254 e. The first-order valence-electron chi connectivity index (χ1n) is 6.53. The van der Waals surface area contributed by atoms with Gasteiger partial charge in [-0.2, -0.15) is 0 Å². The number of rotatable bonds is 1. The molecule has 0 radical (unpaired) electrons. The third kappa shape index (κ3) is 3.28. The molecule has 2 rings (SSSR count). The monoisotopic (exact) mass is 325 g/mol. The van der Waals surface area contributed by atoms with Crippen molar-refractivity contribution in [3.63, 3.8) is 0 Å². The molecule has 1 unspecified atom stereocenters. The number of anilines is 1.